The van der Waals surface area contributed by atoms with E-state index in [1.807, 2.05) is 0 Å². The van der Waals surface area contributed by atoms with Gasteiger partial charge in [0.05, 0.1) is 0 Å². The van der Waals surface area contributed by atoms with Crippen molar-refractivity contribution in [1.82, 2.24) is 4.90 Å². The van der Waals surface area contributed by atoms with Crippen LogP contribution in [0.2, 0.25) is 0 Å². The quantitative estimate of drug-likeness (QED) is 0.847. The Labute approximate surface area is 113 Å². The highest BCUT2D eigenvalue weighted by atomic mass is 19.2. The van der Waals surface area contributed by atoms with E-state index >= 15 is 0 Å². The number of carbonyl (C=O) groups excluding carboxylic acids is 1. The normalized spacial score (nSPS) is 12.1. The molecule has 0 aromatic heterocycles. The summed E-state index contributed by atoms with van der Waals surface area (Å²) < 4.78 is 39.1. The molecule has 0 spiro atoms. The lowest BCUT2D eigenvalue weighted by Gasteiger charge is -2.27. The third kappa shape index (κ3) is 3.49. The molecule has 1 aromatic carbocycles. The standard InChI is InChI=1S/C13H14F3NO3/c1-3-7(2)17(6-11(18)19)13(20)8-4-9(14)12(16)10(15)5-8/h4-5,7H,3,6H2,1-2H3,(H,18,19). The summed E-state index contributed by atoms with van der Waals surface area (Å²) in [4.78, 5) is 23.8. The van der Waals surface area contributed by atoms with Crippen molar-refractivity contribution >= 4 is 11.9 Å². The lowest BCUT2D eigenvalue weighted by atomic mass is 10.1. The molecule has 0 bridgehead atoms. The van der Waals surface area contributed by atoms with Crippen LogP contribution in [0, 0.1) is 17.5 Å². The number of carboxylic acids is 1. The van der Waals surface area contributed by atoms with Gasteiger partial charge in [-0.2, -0.15) is 0 Å². The number of hydrogen-bond donors (Lipinski definition) is 1. The molecule has 1 unspecified atom stereocenters. The molecule has 1 aromatic rings. The van der Waals surface area contributed by atoms with Gasteiger partial charge in [0.1, 0.15) is 6.54 Å². The van der Waals surface area contributed by atoms with Crippen LogP contribution in [0.3, 0.4) is 0 Å². The number of amides is 1. The van der Waals surface area contributed by atoms with Gasteiger partial charge >= 0.3 is 5.97 Å². The van der Waals surface area contributed by atoms with Gasteiger partial charge in [-0.05, 0) is 25.5 Å². The Morgan fingerprint density at radius 2 is 1.75 bits per heavy atom. The maximum Gasteiger partial charge on any atom is 0.323 e. The van der Waals surface area contributed by atoms with Gasteiger partial charge in [-0.15, -0.1) is 0 Å². The van der Waals surface area contributed by atoms with Crippen LogP contribution in [0.5, 0.6) is 0 Å². The van der Waals surface area contributed by atoms with E-state index in [1.165, 1.54) is 0 Å². The largest absolute Gasteiger partial charge is 0.480 e. The Bertz CT molecular complexity index is 511. The SMILES string of the molecule is CCC(C)N(CC(=O)O)C(=O)c1cc(F)c(F)c(F)c1. The van der Waals surface area contributed by atoms with Gasteiger partial charge in [-0.3, -0.25) is 9.59 Å². The van der Waals surface area contributed by atoms with E-state index in [1.54, 1.807) is 13.8 Å². The van der Waals surface area contributed by atoms with E-state index in [2.05, 4.69) is 0 Å². The van der Waals surface area contributed by atoms with Crippen LogP contribution in [0.15, 0.2) is 12.1 Å². The molecule has 0 heterocycles. The van der Waals surface area contributed by atoms with Gasteiger partial charge in [-0.1, -0.05) is 6.92 Å². The van der Waals surface area contributed by atoms with Crippen molar-refractivity contribution < 1.29 is 27.9 Å². The fraction of sp³-hybridized carbons (Fsp3) is 0.385. The average Bonchev–Trinajstić information content (AvgIpc) is 2.39. The molecule has 7 heteroatoms. The van der Waals surface area contributed by atoms with Crippen molar-refractivity contribution in [3.63, 3.8) is 0 Å². The number of carboxylic acid groups (broad SMARTS) is 1. The molecule has 1 rings (SSSR count). The molecule has 110 valence electrons. The Balaban J connectivity index is 3.15. The van der Waals surface area contributed by atoms with Crippen LogP contribution in [-0.4, -0.2) is 34.5 Å². The molecule has 0 saturated carbocycles. The Morgan fingerprint density at radius 3 is 2.15 bits per heavy atom. The van der Waals surface area contributed by atoms with E-state index < -0.39 is 47.5 Å². The number of carbonyl (C=O) groups is 2. The van der Waals surface area contributed by atoms with Gasteiger partial charge in [0.25, 0.3) is 5.91 Å². The van der Waals surface area contributed by atoms with Gasteiger partial charge in [0.15, 0.2) is 17.5 Å². The molecule has 0 radical (unpaired) electrons. The van der Waals surface area contributed by atoms with Crippen molar-refractivity contribution in [2.75, 3.05) is 6.54 Å². The summed E-state index contributed by atoms with van der Waals surface area (Å²) in [5, 5.41) is 8.78. The first-order valence-electron chi connectivity index (χ1n) is 5.95. The van der Waals surface area contributed by atoms with Gasteiger partial charge < -0.3 is 10.0 Å². The number of nitrogens with zero attached hydrogens (tertiary/aromatic N) is 1. The third-order valence-electron chi connectivity index (χ3n) is 2.92. The smallest absolute Gasteiger partial charge is 0.323 e. The monoisotopic (exact) mass is 289 g/mol. The maximum atomic E-state index is 13.1. The highest BCUT2D eigenvalue weighted by Gasteiger charge is 2.25. The summed E-state index contributed by atoms with van der Waals surface area (Å²) >= 11 is 0. The van der Waals surface area contributed by atoms with E-state index in [4.69, 9.17) is 5.11 Å². The number of rotatable bonds is 5. The minimum atomic E-state index is -1.67. The van der Waals surface area contributed by atoms with Crippen LogP contribution in [0.4, 0.5) is 13.2 Å². The first kappa shape index (κ1) is 16.0. The Morgan fingerprint density at radius 1 is 1.25 bits per heavy atom. The van der Waals surface area contributed by atoms with Crippen LogP contribution in [-0.2, 0) is 4.79 Å². The molecular weight excluding hydrogens is 275 g/mol. The highest BCUT2D eigenvalue weighted by molar-refractivity contribution is 5.96. The molecule has 4 nitrogen and oxygen atoms in total. The van der Waals surface area contributed by atoms with E-state index in [0.717, 1.165) is 4.90 Å². The van der Waals surface area contributed by atoms with Gasteiger partial charge in [-0.25, -0.2) is 13.2 Å². The summed E-state index contributed by atoms with van der Waals surface area (Å²) in [6, 6.07) is 0.672. The average molecular weight is 289 g/mol. The molecule has 0 saturated heterocycles. The lowest BCUT2D eigenvalue weighted by molar-refractivity contribution is -0.138. The summed E-state index contributed by atoms with van der Waals surface area (Å²) in [7, 11) is 0. The van der Waals surface area contributed by atoms with Gasteiger partial charge in [0, 0.05) is 11.6 Å². The fourth-order valence-electron chi connectivity index (χ4n) is 1.64. The predicted molar refractivity (Wildman–Crippen MR) is 64.7 cm³/mol. The zero-order chi connectivity index (χ0) is 15.4. The predicted octanol–water partition coefficient (Wildman–Crippen LogP) is 2.43. The molecule has 20 heavy (non-hydrogen) atoms. The minimum Gasteiger partial charge on any atom is -0.480 e. The van der Waals surface area contributed by atoms with Crippen molar-refractivity contribution in [3.05, 3.63) is 35.1 Å². The molecular formula is C13H14F3NO3. The van der Waals surface area contributed by atoms with Crippen LogP contribution in [0.1, 0.15) is 30.6 Å². The summed E-state index contributed by atoms with van der Waals surface area (Å²) in [6.07, 6.45) is 0.463. The first-order valence-corrected chi connectivity index (χ1v) is 5.95. The molecule has 0 fully saturated rings. The van der Waals surface area contributed by atoms with Gasteiger partial charge in [0.2, 0.25) is 0 Å². The van der Waals surface area contributed by atoms with Crippen molar-refractivity contribution in [2.45, 2.75) is 26.3 Å². The molecule has 0 aliphatic heterocycles. The Hall–Kier alpha value is -2.05. The second-order valence-corrected chi connectivity index (χ2v) is 4.34. The first-order chi connectivity index (χ1) is 9.27. The maximum absolute atomic E-state index is 13.1. The number of hydrogen-bond acceptors (Lipinski definition) is 2. The van der Waals surface area contributed by atoms with Crippen LogP contribution >= 0.6 is 0 Å². The van der Waals surface area contributed by atoms with Crippen molar-refractivity contribution in [3.8, 4) is 0 Å². The highest BCUT2D eigenvalue weighted by Crippen LogP contribution is 2.17. The number of halogens is 3. The number of aliphatic carboxylic acids is 1. The number of benzene rings is 1. The van der Waals surface area contributed by atoms with Crippen molar-refractivity contribution in [2.24, 2.45) is 0 Å². The summed E-state index contributed by atoms with van der Waals surface area (Å²) in [6.45, 7) is 2.74. The molecule has 0 aliphatic rings. The second-order valence-electron chi connectivity index (χ2n) is 4.34. The third-order valence-corrected chi connectivity index (χ3v) is 2.92. The summed E-state index contributed by atoms with van der Waals surface area (Å²) in [5.41, 5.74) is -0.428. The lowest BCUT2D eigenvalue weighted by Crippen LogP contribution is -2.41. The van der Waals surface area contributed by atoms with Crippen LogP contribution in [0.25, 0.3) is 0 Å². The van der Waals surface area contributed by atoms with E-state index in [9.17, 15) is 22.8 Å². The van der Waals surface area contributed by atoms with Crippen molar-refractivity contribution in [1.29, 1.82) is 0 Å². The zero-order valence-corrected chi connectivity index (χ0v) is 11.0. The Kier molecular flexibility index (Phi) is 5.12. The zero-order valence-electron chi connectivity index (χ0n) is 11.0. The molecule has 1 amide bonds. The van der Waals surface area contributed by atoms with Crippen LogP contribution < -0.4 is 0 Å². The topological polar surface area (TPSA) is 57.6 Å². The molecule has 0 aliphatic carbocycles. The minimum absolute atomic E-state index is 0.428. The second kappa shape index (κ2) is 6.40. The van der Waals surface area contributed by atoms with E-state index in [0.29, 0.717) is 18.6 Å². The molecule has 1 atom stereocenters. The summed E-state index contributed by atoms with van der Waals surface area (Å²) in [5.74, 6) is -6.77. The molecule has 1 N–H and O–H groups in total. The van der Waals surface area contributed by atoms with E-state index in [-0.39, 0.29) is 0 Å². The fourth-order valence-corrected chi connectivity index (χ4v) is 1.64.